The van der Waals surface area contributed by atoms with Crippen LogP contribution in [0.2, 0.25) is 0 Å². The summed E-state index contributed by atoms with van der Waals surface area (Å²) in [5, 5.41) is 11.6. The summed E-state index contributed by atoms with van der Waals surface area (Å²) in [7, 11) is 0. The average Bonchev–Trinajstić information content (AvgIpc) is 2.17. The van der Waals surface area contributed by atoms with E-state index < -0.39 is 5.97 Å². The van der Waals surface area contributed by atoms with Crippen LogP contribution in [0.25, 0.3) is 0 Å². The van der Waals surface area contributed by atoms with Crippen LogP contribution in [0.3, 0.4) is 0 Å². The van der Waals surface area contributed by atoms with E-state index in [1.165, 1.54) is 6.33 Å². The van der Waals surface area contributed by atoms with E-state index in [1.54, 1.807) is 13.0 Å². The molecule has 0 aliphatic heterocycles. The summed E-state index contributed by atoms with van der Waals surface area (Å²) < 4.78 is 5.20. The molecule has 88 valence electrons. The van der Waals surface area contributed by atoms with Gasteiger partial charge >= 0.3 is 5.97 Å². The molecule has 16 heavy (non-hydrogen) atoms. The molecule has 2 N–H and O–H groups in total. The molecular weight excluding hydrogens is 210 g/mol. The molecule has 1 unspecified atom stereocenters. The van der Waals surface area contributed by atoms with Gasteiger partial charge in [-0.1, -0.05) is 0 Å². The Morgan fingerprint density at radius 3 is 3.00 bits per heavy atom. The van der Waals surface area contributed by atoms with Crippen molar-refractivity contribution in [2.24, 2.45) is 0 Å². The van der Waals surface area contributed by atoms with Crippen molar-refractivity contribution in [2.45, 2.75) is 26.3 Å². The second-order valence-electron chi connectivity index (χ2n) is 3.32. The molecule has 1 rings (SSSR count). The van der Waals surface area contributed by atoms with Crippen LogP contribution in [0.15, 0.2) is 12.4 Å². The Bertz CT molecular complexity index is 357. The molecule has 0 saturated heterocycles. The first kappa shape index (κ1) is 12.2. The number of carbonyl (C=O) groups is 1. The molecule has 6 nitrogen and oxygen atoms in total. The SMILES string of the molecule is CCOc1cc(NC(C)CC(=O)O)ncn1. The molecule has 6 heteroatoms. The van der Waals surface area contributed by atoms with E-state index in [1.807, 2.05) is 6.92 Å². The maximum Gasteiger partial charge on any atom is 0.305 e. The van der Waals surface area contributed by atoms with E-state index in [2.05, 4.69) is 15.3 Å². The van der Waals surface area contributed by atoms with E-state index in [-0.39, 0.29) is 12.5 Å². The molecule has 0 fully saturated rings. The molecular formula is C10H15N3O3. The van der Waals surface area contributed by atoms with Gasteiger partial charge in [-0.05, 0) is 13.8 Å². The second kappa shape index (κ2) is 5.89. The van der Waals surface area contributed by atoms with Crippen molar-refractivity contribution in [1.29, 1.82) is 0 Å². The molecule has 0 aliphatic carbocycles. The lowest BCUT2D eigenvalue weighted by Gasteiger charge is -2.12. The molecule has 0 amide bonds. The van der Waals surface area contributed by atoms with Crippen LogP contribution in [-0.4, -0.2) is 33.7 Å². The lowest BCUT2D eigenvalue weighted by Crippen LogP contribution is -2.20. The highest BCUT2D eigenvalue weighted by Gasteiger charge is 2.08. The Morgan fingerprint density at radius 1 is 1.62 bits per heavy atom. The van der Waals surface area contributed by atoms with Crippen molar-refractivity contribution in [3.63, 3.8) is 0 Å². The molecule has 0 bridgehead atoms. The summed E-state index contributed by atoms with van der Waals surface area (Å²) in [6, 6.07) is 1.45. The highest BCUT2D eigenvalue weighted by atomic mass is 16.5. The Balaban J connectivity index is 2.59. The zero-order valence-corrected chi connectivity index (χ0v) is 9.30. The fourth-order valence-corrected chi connectivity index (χ4v) is 1.21. The van der Waals surface area contributed by atoms with Crippen LogP contribution in [0.1, 0.15) is 20.3 Å². The number of carboxylic acid groups (broad SMARTS) is 1. The monoisotopic (exact) mass is 225 g/mol. The summed E-state index contributed by atoms with van der Waals surface area (Å²) in [5.41, 5.74) is 0. The van der Waals surface area contributed by atoms with E-state index in [4.69, 9.17) is 9.84 Å². The summed E-state index contributed by atoms with van der Waals surface area (Å²) in [6.07, 6.45) is 1.41. The summed E-state index contributed by atoms with van der Waals surface area (Å²) in [5.74, 6) is 0.189. The number of ether oxygens (including phenoxy) is 1. The molecule has 0 spiro atoms. The van der Waals surface area contributed by atoms with Gasteiger partial charge in [-0.2, -0.15) is 0 Å². The summed E-state index contributed by atoms with van der Waals surface area (Å²) >= 11 is 0. The first-order chi connectivity index (χ1) is 7.61. The molecule has 0 aromatic carbocycles. The molecule has 1 atom stereocenters. The van der Waals surface area contributed by atoms with Crippen LogP contribution >= 0.6 is 0 Å². The minimum Gasteiger partial charge on any atom is -0.481 e. The van der Waals surface area contributed by atoms with Crippen molar-refractivity contribution < 1.29 is 14.6 Å². The first-order valence-corrected chi connectivity index (χ1v) is 5.05. The Kier molecular flexibility index (Phi) is 4.50. The number of anilines is 1. The van der Waals surface area contributed by atoms with Crippen molar-refractivity contribution in [3.05, 3.63) is 12.4 Å². The highest BCUT2D eigenvalue weighted by molar-refractivity contribution is 5.68. The third-order valence-electron chi connectivity index (χ3n) is 1.81. The lowest BCUT2D eigenvalue weighted by molar-refractivity contribution is -0.137. The minimum absolute atomic E-state index is 0.0357. The van der Waals surface area contributed by atoms with Crippen LogP contribution in [-0.2, 0) is 4.79 Å². The summed E-state index contributed by atoms with van der Waals surface area (Å²) in [6.45, 7) is 4.17. The smallest absolute Gasteiger partial charge is 0.305 e. The second-order valence-corrected chi connectivity index (χ2v) is 3.32. The van der Waals surface area contributed by atoms with Crippen molar-refractivity contribution >= 4 is 11.8 Å². The van der Waals surface area contributed by atoms with Crippen LogP contribution in [0, 0.1) is 0 Å². The number of hydrogen-bond donors (Lipinski definition) is 2. The van der Waals surface area contributed by atoms with Gasteiger partial charge in [-0.3, -0.25) is 4.79 Å². The fraction of sp³-hybridized carbons (Fsp3) is 0.500. The number of aliphatic carboxylic acids is 1. The van der Waals surface area contributed by atoms with Gasteiger partial charge in [0, 0.05) is 12.1 Å². The van der Waals surface area contributed by atoms with Gasteiger partial charge < -0.3 is 15.2 Å². The number of carboxylic acids is 1. The maximum absolute atomic E-state index is 10.5. The van der Waals surface area contributed by atoms with Crippen molar-refractivity contribution in [3.8, 4) is 5.88 Å². The van der Waals surface area contributed by atoms with E-state index >= 15 is 0 Å². The Morgan fingerprint density at radius 2 is 2.38 bits per heavy atom. The predicted octanol–water partition coefficient (Wildman–Crippen LogP) is 1.15. The van der Waals surface area contributed by atoms with Crippen molar-refractivity contribution in [1.82, 2.24) is 9.97 Å². The normalized spacial score (nSPS) is 11.9. The third kappa shape index (κ3) is 4.12. The van der Waals surface area contributed by atoms with Gasteiger partial charge in [0.2, 0.25) is 5.88 Å². The van der Waals surface area contributed by atoms with E-state index in [0.29, 0.717) is 18.3 Å². The van der Waals surface area contributed by atoms with Crippen LogP contribution < -0.4 is 10.1 Å². The summed E-state index contributed by atoms with van der Waals surface area (Å²) in [4.78, 5) is 18.4. The van der Waals surface area contributed by atoms with Gasteiger partial charge in [0.05, 0.1) is 13.0 Å². The number of hydrogen-bond acceptors (Lipinski definition) is 5. The number of rotatable bonds is 6. The maximum atomic E-state index is 10.5. The van der Waals surface area contributed by atoms with Gasteiger partial charge in [0.1, 0.15) is 12.1 Å². The van der Waals surface area contributed by atoms with Crippen molar-refractivity contribution in [2.75, 3.05) is 11.9 Å². The van der Waals surface area contributed by atoms with Gasteiger partial charge in [0.25, 0.3) is 0 Å². The highest BCUT2D eigenvalue weighted by Crippen LogP contribution is 2.12. The third-order valence-corrected chi connectivity index (χ3v) is 1.81. The topological polar surface area (TPSA) is 84.3 Å². The molecule has 1 aromatic heterocycles. The number of aromatic nitrogens is 2. The molecule has 1 aromatic rings. The quantitative estimate of drug-likeness (QED) is 0.755. The predicted molar refractivity (Wildman–Crippen MR) is 58.5 cm³/mol. The minimum atomic E-state index is -0.848. The number of nitrogens with one attached hydrogen (secondary N) is 1. The molecule has 0 aliphatic rings. The zero-order chi connectivity index (χ0) is 12.0. The Hall–Kier alpha value is -1.85. The van der Waals surface area contributed by atoms with Gasteiger partial charge in [-0.25, -0.2) is 9.97 Å². The molecule has 0 radical (unpaired) electrons. The standard InChI is InChI=1S/C10H15N3O3/c1-3-16-9-5-8(11-6-12-9)13-7(2)4-10(14)15/h5-7H,3-4H2,1-2H3,(H,14,15)(H,11,12,13). The van der Waals surface area contributed by atoms with Gasteiger partial charge in [-0.15, -0.1) is 0 Å². The van der Waals surface area contributed by atoms with Crippen LogP contribution in [0.5, 0.6) is 5.88 Å². The van der Waals surface area contributed by atoms with Crippen LogP contribution in [0.4, 0.5) is 5.82 Å². The Labute approximate surface area is 93.7 Å². The molecule has 1 heterocycles. The number of nitrogens with zero attached hydrogens (tertiary/aromatic N) is 2. The van der Waals surface area contributed by atoms with E-state index in [9.17, 15) is 4.79 Å². The lowest BCUT2D eigenvalue weighted by atomic mass is 10.2. The first-order valence-electron chi connectivity index (χ1n) is 5.05. The zero-order valence-electron chi connectivity index (χ0n) is 9.30. The largest absolute Gasteiger partial charge is 0.481 e. The fourth-order valence-electron chi connectivity index (χ4n) is 1.21. The molecule has 0 saturated carbocycles. The van der Waals surface area contributed by atoms with E-state index in [0.717, 1.165) is 0 Å². The average molecular weight is 225 g/mol. The van der Waals surface area contributed by atoms with Gasteiger partial charge in [0.15, 0.2) is 0 Å².